The standard InChI is InChI=1S/C20H22N2O3/c1-3-25-17-10-6-15(7-11-17)19(23)21-18-12-13-22(20(18)24)16-8-4-14(2)5-9-16/h4-11,18H,3,12-13H2,1-2H3,(H,21,23). The number of aryl methyl sites for hydroxylation is 1. The Bertz CT molecular complexity index is 754. The number of hydrogen-bond acceptors (Lipinski definition) is 3. The number of amides is 2. The van der Waals surface area contributed by atoms with Crippen LogP contribution >= 0.6 is 0 Å². The summed E-state index contributed by atoms with van der Waals surface area (Å²) in [6.45, 7) is 5.11. The van der Waals surface area contributed by atoms with Crippen molar-refractivity contribution in [3.8, 4) is 5.75 Å². The number of ether oxygens (including phenoxy) is 1. The van der Waals surface area contributed by atoms with E-state index in [4.69, 9.17) is 4.74 Å². The Morgan fingerprint density at radius 3 is 2.48 bits per heavy atom. The third-order valence-corrected chi connectivity index (χ3v) is 4.28. The van der Waals surface area contributed by atoms with E-state index < -0.39 is 6.04 Å². The first-order chi connectivity index (χ1) is 12.1. The van der Waals surface area contributed by atoms with Crippen LogP contribution in [0.15, 0.2) is 48.5 Å². The molecule has 1 heterocycles. The summed E-state index contributed by atoms with van der Waals surface area (Å²) >= 11 is 0. The first-order valence-electron chi connectivity index (χ1n) is 8.50. The van der Waals surface area contributed by atoms with Crippen molar-refractivity contribution in [1.29, 1.82) is 0 Å². The smallest absolute Gasteiger partial charge is 0.251 e. The highest BCUT2D eigenvalue weighted by Crippen LogP contribution is 2.22. The van der Waals surface area contributed by atoms with E-state index in [0.29, 0.717) is 25.1 Å². The molecule has 5 nitrogen and oxygen atoms in total. The fourth-order valence-electron chi connectivity index (χ4n) is 2.91. The van der Waals surface area contributed by atoms with Crippen LogP contribution < -0.4 is 15.0 Å². The van der Waals surface area contributed by atoms with Crippen LogP contribution in [-0.2, 0) is 4.79 Å². The van der Waals surface area contributed by atoms with Gasteiger partial charge in [0.05, 0.1) is 6.61 Å². The molecule has 3 rings (SSSR count). The second-order valence-corrected chi connectivity index (χ2v) is 6.10. The van der Waals surface area contributed by atoms with E-state index in [2.05, 4.69) is 5.32 Å². The average molecular weight is 338 g/mol. The van der Waals surface area contributed by atoms with E-state index in [9.17, 15) is 9.59 Å². The number of hydrogen-bond donors (Lipinski definition) is 1. The Balaban J connectivity index is 1.64. The van der Waals surface area contributed by atoms with Gasteiger partial charge in [-0.2, -0.15) is 0 Å². The molecule has 1 N–H and O–H groups in total. The van der Waals surface area contributed by atoms with Gasteiger partial charge in [0.15, 0.2) is 0 Å². The molecule has 2 aromatic rings. The SMILES string of the molecule is CCOc1ccc(C(=O)NC2CCN(c3ccc(C)cc3)C2=O)cc1. The predicted octanol–water partition coefficient (Wildman–Crippen LogP) is 2.93. The fourth-order valence-corrected chi connectivity index (χ4v) is 2.91. The first kappa shape index (κ1) is 17.0. The molecule has 1 atom stereocenters. The molecular formula is C20H22N2O3. The number of carbonyl (C=O) groups excluding carboxylic acids is 2. The normalized spacial score (nSPS) is 16.8. The van der Waals surface area contributed by atoms with Crippen molar-refractivity contribution >= 4 is 17.5 Å². The third kappa shape index (κ3) is 3.82. The van der Waals surface area contributed by atoms with E-state index in [1.165, 1.54) is 0 Å². The highest BCUT2D eigenvalue weighted by Gasteiger charge is 2.33. The molecule has 0 radical (unpaired) electrons. The summed E-state index contributed by atoms with van der Waals surface area (Å²) in [5.41, 5.74) is 2.54. The van der Waals surface area contributed by atoms with E-state index in [-0.39, 0.29) is 11.8 Å². The topological polar surface area (TPSA) is 58.6 Å². The maximum Gasteiger partial charge on any atom is 0.251 e. The number of nitrogens with zero attached hydrogens (tertiary/aromatic N) is 1. The molecule has 1 aliphatic heterocycles. The maximum absolute atomic E-state index is 12.6. The summed E-state index contributed by atoms with van der Waals surface area (Å²) in [5, 5.41) is 2.84. The zero-order chi connectivity index (χ0) is 17.8. The van der Waals surface area contributed by atoms with Crippen molar-refractivity contribution in [1.82, 2.24) is 5.32 Å². The molecule has 130 valence electrons. The molecule has 0 bridgehead atoms. The Morgan fingerprint density at radius 1 is 1.16 bits per heavy atom. The Hall–Kier alpha value is -2.82. The molecular weight excluding hydrogens is 316 g/mol. The Kier molecular flexibility index (Phi) is 5.03. The van der Waals surface area contributed by atoms with Gasteiger partial charge in [-0.05, 0) is 56.7 Å². The molecule has 1 fully saturated rings. The minimum absolute atomic E-state index is 0.0665. The van der Waals surface area contributed by atoms with Crippen LogP contribution in [0.1, 0.15) is 29.3 Å². The second-order valence-electron chi connectivity index (χ2n) is 6.10. The third-order valence-electron chi connectivity index (χ3n) is 4.28. The molecule has 25 heavy (non-hydrogen) atoms. The molecule has 0 spiro atoms. The van der Waals surface area contributed by atoms with Gasteiger partial charge >= 0.3 is 0 Å². The minimum atomic E-state index is -0.486. The number of benzene rings is 2. The lowest BCUT2D eigenvalue weighted by Gasteiger charge is -2.17. The van der Waals surface area contributed by atoms with Crippen molar-refractivity contribution in [2.45, 2.75) is 26.3 Å². The summed E-state index contributed by atoms with van der Waals surface area (Å²) < 4.78 is 5.37. The average Bonchev–Trinajstić information content (AvgIpc) is 2.97. The van der Waals surface area contributed by atoms with Crippen LogP contribution in [0, 0.1) is 6.92 Å². The number of rotatable bonds is 5. The lowest BCUT2D eigenvalue weighted by molar-refractivity contribution is -0.118. The molecule has 0 aliphatic carbocycles. The van der Waals surface area contributed by atoms with Gasteiger partial charge in [-0.25, -0.2) is 0 Å². The maximum atomic E-state index is 12.6. The molecule has 0 aromatic heterocycles. The van der Waals surface area contributed by atoms with Crippen LogP contribution in [0.3, 0.4) is 0 Å². The summed E-state index contributed by atoms with van der Waals surface area (Å²) in [6, 6.07) is 14.3. The highest BCUT2D eigenvalue weighted by atomic mass is 16.5. The lowest BCUT2D eigenvalue weighted by atomic mass is 10.1. The number of carbonyl (C=O) groups is 2. The van der Waals surface area contributed by atoms with Crippen LogP contribution in [0.2, 0.25) is 0 Å². The summed E-state index contributed by atoms with van der Waals surface area (Å²) in [4.78, 5) is 26.7. The van der Waals surface area contributed by atoms with Crippen molar-refractivity contribution in [3.05, 3.63) is 59.7 Å². The highest BCUT2D eigenvalue weighted by molar-refractivity contribution is 6.03. The summed E-state index contributed by atoms with van der Waals surface area (Å²) in [6.07, 6.45) is 0.607. The molecule has 1 unspecified atom stereocenters. The lowest BCUT2D eigenvalue weighted by Crippen LogP contribution is -2.41. The van der Waals surface area contributed by atoms with Gasteiger partial charge in [0, 0.05) is 17.8 Å². The second kappa shape index (κ2) is 7.38. The molecule has 1 aliphatic rings. The molecule has 2 aromatic carbocycles. The minimum Gasteiger partial charge on any atom is -0.494 e. The van der Waals surface area contributed by atoms with Crippen LogP contribution in [0.4, 0.5) is 5.69 Å². The summed E-state index contributed by atoms with van der Waals surface area (Å²) in [7, 11) is 0. The van der Waals surface area contributed by atoms with E-state index in [1.54, 1.807) is 29.2 Å². The van der Waals surface area contributed by atoms with Crippen LogP contribution in [-0.4, -0.2) is 31.0 Å². The first-order valence-corrected chi connectivity index (χ1v) is 8.50. The summed E-state index contributed by atoms with van der Waals surface area (Å²) in [5.74, 6) is 0.414. The van der Waals surface area contributed by atoms with Crippen molar-refractivity contribution in [3.63, 3.8) is 0 Å². The van der Waals surface area contributed by atoms with Crippen molar-refractivity contribution in [2.24, 2.45) is 0 Å². The Labute approximate surface area is 147 Å². The zero-order valence-electron chi connectivity index (χ0n) is 14.5. The van der Waals surface area contributed by atoms with Crippen LogP contribution in [0.5, 0.6) is 5.75 Å². The van der Waals surface area contributed by atoms with E-state index >= 15 is 0 Å². The predicted molar refractivity (Wildman–Crippen MR) is 97.0 cm³/mol. The van der Waals surface area contributed by atoms with Gasteiger partial charge in [0.2, 0.25) is 5.91 Å². The molecule has 1 saturated heterocycles. The molecule has 0 saturated carbocycles. The monoisotopic (exact) mass is 338 g/mol. The van der Waals surface area contributed by atoms with Crippen LogP contribution in [0.25, 0.3) is 0 Å². The molecule has 2 amide bonds. The fraction of sp³-hybridized carbons (Fsp3) is 0.300. The molecule has 5 heteroatoms. The van der Waals surface area contributed by atoms with Gasteiger partial charge in [-0.15, -0.1) is 0 Å². The Morgan fingerprint density at radius 2 is 1.84 bits per heavy atom. The van der Waals surface area contributed by atoms with Gasteiger partial charge in [-0.3, -0.25) is 9.59 Å². The van der Waals surface area contributed by atoms with Crippen molar-refractivity contribution < 1.29 is 14.3 Å². The van der Waals surface area contributed by atoms with E-state index in [0.717, 1.165) is 17.0 Å². The zero-order valence-corrected chi connectivity index (χ0v) is 14.5. The number of nitrogens with one attached hydrogen (secondary N) is 1. The number of anilines is 1. The van der Waals surface area contributed by atoms with Gasteiger partial charge in [0.1, 0.15) is 11.8 Å². The van der Waals surface area contributed by atoms with Gasteiger partial charge in [-0.1, -0.05) is 17.7 Å². The largest absolute Gasteiger partial charge is 0.494 e. The van der Waals surface area contributed by atoms with Crippen molar-refractivity contribution in [2.75, 3.05) is 18.1 Å². The van der Waals surface area contributed by atoms with E-state index in [1.807, 2.05) is 38.1 Å². The quantitative estimate of drug-likeness (QED) is 0.912. The van der Waals surface area contributed by atoms with Gasteiger partial charge in [0.25, 0.3) is 5.91 Å². The van der Waals surface area contributed by atoms with Gasteiger partial charge < -0.3 is 15.0 Å².